The van der Waals surface area contributed by atoms with Gasteiger partial charge in [0.05, 0.1) is 12.6 Å². The predicted molar refractivity (Wildman–Crippen MR) is 66.4 cm³/mol. The average molecular weight is 232 g/mol. The Balaban J connectivity index is 1.62. The van der Waals surface area contributed by atoms with Crippen LogP contribution in [0, 0.1) is 17.2 Å². The number of unbranched alkanes of at least 4 members (excludes halogenated alkanes) is 2. The van der Waals surface area contributed by atoms with Gasteiger partial charge in [0.2, 0.25) is 0 Å². The highest BCUT2D eigenvalue weighted by Gasteiger charge is 2.36. The van der Waals surface area contributed by atoms with Gasteiger partial charge in [-0.25, -0.2) is 0 Å². The second-order valence-corrected chi connectivity index (χ2v) is 4.92. The van der Waals surface area contributed by atoms with Gasteiger partial charge in [-0.2, -0.15) is 5.26 Å². The molecular weight excluding hydrogens is 212 g/mol. The van der Waals surface area contributed by atoms with Crippen molar-refractivity contribution in [3.8, 4) is 6.07 Å². The Labute approximate surface area is 103 Å². The molecule has 3 heteroatoms. The largest absolute Gasteiger partial charge is 0.464 e. The van der Waals surface area contributed by atoms with Crippen LogP contribution in [0.4, 0.5) is 0 Å². The standard InChI is InChI=1S/C14H20N2O/c1-11-9-13(11)14-6-5-12(17-14)10-16-8-4-2-3-7-15/h5-6,11,13,16H,2-4,8-10H2,1H3. The van der Waals surface area contributed by atoms with Crippen molar-refractivity contribution in [2.45, 2.75) is 45.1 Å². The lowest BCUT2D eigenvalue weighted by atomic mass is 10.2. The average Bonchev–Trinajstić information content (AvgIpc) is 2.89. The van der Waals surface area contributed by atoms with Gasteiger partial charge in [-0.05, 0) is 43.9 Å². The van der Waals surface area contributed by atoms with E-state index in [1.54, 1.807) is 0 Å². The molecule has 2 atom stereocenters. The molecule has 1 aliphatic rings. The number of nitrogens with zero attached hydrogens (tertiary/aromatic N) is 1. The topological polar surface area (TPSA) is 49.0 Å². The second kappa shape index (κ2) is 5.88. The van der Waals surface area contributed by atoms with Crippen LogP contribution in [-0.4, -0.2) is 6.54 Å². The van der Waals surface area contributed by atoms with Crippen molar-refractivity contribution >= 4 is 0 Å². The minimum Gasteiger partial charge on any atom is -0.464 e. The van der Waals surface area contributed by atoms with Gasteiger partial charge in [-0.15, -0.1) is 0 Å². The summed E-state index contributed by atoms with van der Waals surface area (Å²) >= 11 is 0. The molecule has 2 rings (SSSR count). The van der Waals surface area contributed by atoms with E-state index in [0.29, 0.717) is 12.3 Å². The number of nitriles is 1. The van der Waals surface area contributed by atoms with Crippen molar-refractivity contribution < 1.29 is 4.42 Å². The molecule has 3 nitrogen and oxygen atoms in total. The minimum atomic E-state index is 0.659. The zero-order valence-corrected chi connectivity index (χ0v) is 10.4. The van der Waals surface area contributed by atoms with Crippen molar-refractivity contribution in [3.05, 3.63) is 23.7 Å². The Morgan fingerprint density at radius 3 is 3.00 bits per heavy atom. The maximum absolute atomic E-state index is 8.40. The van der Waals surface area contributed by atoms with Crippen LogP contribution in [0.15, 0.2) is 16.5 Å². The van der Waals surface area contributed by atoms with E-state index in [4.69, 9.17) is 9.68 Å². The maximum Gasteiger partial charge on any atom is 0.117 e. The van der Waals surface area contributed by atoms with Gasteiger partial charge in [0.15, 0.2) is 0 Å². The van der Waals surface area contributed by atoms with Crippen LogP contribution < -0.4 is 5.32 Å². The van der Waals surface area contributed by atoms with Gasteiger partial charge >= 0.3 is 0 Å². The number of rotatable bonds is 7. The summed E-state index contributed by atoms with van der Waals surface area (Å²) in [5.74, 6) is 3.64. The maximum atomic E-state index is 8.40. The molecule has 92 valence electrons. The molecule has 0 amide bonds. The molecule has 0 aliphatic heterocycles. The van der Waals surface area contributed by atoms with Gasteiger partial charge < -0.3 is 9.73 Å². The van der Waals surface area contributed by atoms with Gasteiger partial charge in [0.1, 0.15) is 11.5 Å². The normalized spacial score (nSPS) is 22.4. The summed E-state index contributed by atoms with van der Waals surface area (Å²) in [6, 6.07) is 6.34. The van der Waals surface area contributed by atoms with Crippen molar-refractivity contribution in [1.29, 1.82) is 5.26 Å². The SMILES string of the molecule is CC1CC1c1ccc(CNCCCCC#N)o1. The number of hydrogen-bond donors (Lipinski definition) is 1. The highest BCUT2D eigenvalue weighted by molar-refractivity contribution is 5.17. The molecular formula is C14H20N2O. The van der Waals surface area contributed by atoms with Gasteiger partial charge in [-0.3, -0.25) is 0 Å². The fourth-order valence-electron chi connectivity index (χ4n) is 2.07. The summed E-state index contributed by atoms with van der Waals surface area (Å²) in [7, 11) is 0. The second-order valence-electron chi connectivity index (χ2n) is 4.92. The summed E-state index contributed by atoms with van der Waals surface area (Å²) in [4.78, 5) is 0. The van der Waals surface area contributed by atoms with E-state index in [-0.39, 0.29) is 0 Å². The first-order valence-electron chi connectivity index (χ1n) is 6.47. The van der Waals surface area contributed by atoms with E-state index in [2.05, 4.69) is 30.4 Å². The highest BCUT2D eigenvalue weighted by atomic mass is 16.3. The first-order valence-corrected chi connectivity index (χ1v) is 6.47. The molecule has 0 aromatic carbocycles. The molecule has 1 saturated carbocycles. The number of hydrogen-bond acceptors (Lipinski definition) is 3. The Morgan fingerprint density at radius 2 is 2.29 bits per heavy atom. The van der Waals surface area contributed by atoms with Crippen LogP contribution in [0.25, 0.3) is 0 Å². The minimum absolute atomic E-state index is 0.659. The molecule has 1 N–H and O–H groups in total. The molecule has 17 heavy (non-hydrogen) atoms. The third-order valence-corrected chi connectivity index (χ3v) is 3.35. The fourth-order valence-corrected chi connectivity index (χ4v) is 2.07. The molecule has 1 aromatic heterocycles. The summed E-state index contributed by atoms with van der Waals surface area (Å²) in [6.45, 7) is 4.02. The van der Waals surface area contributed by atoms with Crippen molar-refractivity contribution in [2.75, 3.05) is 6.54 Å². The van der Waals surface area contributed by atoms with E-state index in [1.165, 1.54) is 6.42 Å². The van der Waals surface area contributed by atoms with Gasteiger partial charge in [0, 0.05) is 12.3 Å². The van der Waals surface area contributed by atoms with Crippen molar-refractivity contribution in [1.82, 2.24) is 5.32 Å². The van der Waals surface area contributed by atoms with Crippen LogP contribution in [-0.2, 0) is 6.54 Å². The summed E-state index contributed by atoms with van der Waals surface area (Å²) in [6.07, 6.45) is 3.97. The molecule has 0 saturated heterocycles. The zero-order valence-electron chi connectivity index (χ0n) is 10.4. The lowest BCUT2D eigenvalue weighted by Crippen LogP contribution is -2.14. The number of nitrogens with one attached hydrogen (secondary N) is 1. The lowest BCUT2D eigenvalue weighted by molar-refractivity contribution is 0.442. The van der Waals surface area contributed by atoms with E-state index < -0.39 is 0 Å². The zero-order chi connectivity index (χ0) is 12.1. The molecule has 0 radical (unpaired) electrons. The summed E-state index contributed by atoms with van der Waals surface area (Å²) < 4.78 is 5.79. The van der Waals surface area contributed by atoms with E-state index >= 15 is 0 Å². The third kappa shape index (κ3) is 3.61. The molecule has 1 aromatic rings. The highest BCUT2D eigenvalue weighted by Crippen LogP contribution is 2.47. The van der Waals surface area contributed by atoms with Gasteiger partial charge in [0.25, 0.3) is 0 Å². The smallest absolute Gasteiger partial charge is 0.117 e. The van der Waals surface area contributed by atoms with Crippen LogP contribution in [0.2, 0.25) is 0 Å². The summed E-state index contributed by atoms with van der Waals surface area (Å²) in [5.41, 5.74) is 0. The van der Waals surface area contributed by atoms with Crippen LogP contribution in [0.1, 0.15) is 50.0 Å². The van der Waals surface area contributed by atoms with Gasteiger partial charge in [-0.1, -0.05) is 6.92 Å². The van der Waals surface area contributed by atoms with Crippen molar-refractivity contribution in [2.24, 2.45) is 5.92 Å². The molecule has 0 spiro atoms. The molecule has 1 aliphatic carbocycles. The Bertz CT molecular complexity index is 391. The quantitative estimate of drug-likeness (QED) is 0.734. The number of furan rings is 1. The Kier molecular flexibility index (Phi) is 4.22. The molecule has 1 fully saturated rings. The Morgan fingerprint density at radius 1 is 1.47 bits per heavy atom. The monoisotopic (exact) mass is 232 g/mol. The first kappa shape index (κ1) is 12.2. The molecule has 0 bridgehead atoms. The summed E-state index contributed by atoms with van der Waals surface area (Å²) in [5, 5.41) is 11.7. The first-order chi connectivity index (χ1) is 8.31. The van der Waals surface area contributed by atoms with Crippen LogP contribution >= 0.6 is 0 Å². The van der Waals surface area contributed by atoms with E-state index in [9.17, 15) is 0 Å². The van der Waals surface area contributed by atoms with Crippen LogP contribution in [0.3, 0.4) is 0 Å². The molecule has 2 unspecified atom stereocenters. The molecule has 1 heterocycles. The lowest BCUT2D eigenvalue weighted by Gasteiger charge is -2.01. The van der Waals surface area contributed by atoms with E-state index in [1.807, 2.05) is 0 Å². The fraction of sp³-hybridized carbons (Fsp3) is 0.643. The predicted octanol–water partition coefficient (Wildman–Crippen LogP) is 3.19. The van der Waals surface area contributed by atoms with Crippen LogP contribution in [0.5, 0.6) is 0 Å². The third-order valence-electron chi connectivity index (χ3n) is 3.35. The van der Waals surface area contributed by atoms with E-state index in [0.717, 1.165) is 43.4 Å². The Hall–Kier alpha value is -1.27. The van der Waals surface area contributed by atoms with Crippen molar-refractivity contribution in [3.63, 3.8) is 0 Å².